The monoisotopic (exact) mass is 275 g/mol. The summed E-state index contributed by atoms with van der Waals surface area (Å²) in [7, 11) is 1.84. The summed E-state index contributed by atoms with van der Waals surface area (Å²) >= 11 is 0. The van der Waals surface area contributed by atoms with Gasteiger partial charge in [-0.1, -0.05) is 0 Å². The second kappa shape index (κ2) is 3.77. The molecule has 4 bridgehead atoms. The van der Waals surface area contributed by atoms with Gasteiger partial charge in [0.25, 0.3) is 0 Å². The zero-order valence-electron chi connectivity index (χ0n) is 11.8. The zero-order chi connectivity index (χ0) is 14.1. The maximum Gasteiger partial charge on any atom is 0.358 e. The van der Waals surface area contributed by atoms with Crippen LogP contribution in [0.3, 0.4) is 0 Å². The molecule has 0 saturated heterocycles. The van der Waals surface area contributed by atoms with Gasteiger partial charge in [-0.05, 0) is 56.3 Å². The molecule has 1 aromatic heterocycles. The minimum atomic E-state index is -1.02. The van der Waals surface area contributed by atoms with Crippen LogP contribution in [0.25, 0.3) is 0 Å². The van der Waals surface area contributed by atoms with E-state index in [-0.39, 0.29) is 11.1 Å². The smallest absolute Gasteiger partial charge is 0.358 e. The Bertz CT molecular complexity index is 555. The predicted molar refractivity (Wildman–Crippen MR) is 74.4 cm³/mol. The molecule has 0 unspecified atom stereocenters. The highest BCUT2D eigenvalue weighted by Gasteiger charge is 2.53. The van der Waals surface area contributed by atoms with Gasteiger partial charge in [0, 0.05) is 12.5 Å². The summed E-state index contributed by atoms with van der Waals surface area (Å²) in [5.74, 6) is 1.41. The molecule has 1 heterocycles. The molecule has 0 spiro atoms. The van der Waals surface area contributed by atoms with E-state index in [0.29, 0.717) is 5.69 Å². The van der Waals surface area contributed by atoms with Crippen molar-refractivity contribution < 1.29 is 9.90 Å². The zero-order valence-corrected chi connectivity index (χ0v) is 11.8. The van der Waals surface area contributed by atoms with Crippen LogP contribution in [0.5, 0.6) is 0 Å². The lowest BCUT2D eigenvalue weighted by atomic mass is 9.48. The molecule has 0 amide bonds. The fourth-order valence-electron chi connectivity index (χ4n) is 5.73. The Morgan fingerprint density at radius 1 is 1.25 bits per heavy atom. The van der Waals surface area contributed by atoms with Crippen molar-refractivity contribution in [1.82, 2.24) is 9.78 Å². The van der Waals surface area contributed by atoms with E-state index in [1.165, 1.54) is 38.5 Å². The number of carboxylic acids is 1. The lowest BCUT2D eigenvalue weighted by Crippen LogP contribution is -2.49. The highest BCUT2D eigenvalue weighted by atomic mass is 16.4. The summed E-state index contributed by atoms with van der Waals surface area (Å²) < 4.78 is 1.74. The highest BCUT2D eigenvalue weighted by Crippen LogP contribution is 2.61. The normalized spacial score (nSPS) is 38.4. The summed E-state index contributed by atoms with van der Waals surface area (Å²) in [5.41, 5.74) is 7.68. The molecule has 0 atom stereocenters. The van der Waals surface area contributed by atoms with Crippen molar-refractivity contribution in [3.8, 4) is 0 Å². The molecule has 0 aliphatic heterocycles. The molecule has 4 fully saturated rings. The Morgan fingerprint density at radius 2 is 1.75 bits per heavy atom. The number of aromatic nitrogens is 2. The summed E-state index contributed by atoms with van der Waals surface area (Å²) in [6, 6.07) is 0. The van der Waals surface area contributed by atoms with Crippen LogP contribution in [-0.4, -0.2) is 20.9 Å². The summed E-state index contributed by atoms with van der Waals surface area (Å²) in [5, 5.41) is 13.4. The fraction of sp³-hybridized carbons (Fsp3) is 0.733. The Kier molecular flexibility index (Phi) is 2.31. The van der Waals surface area contributed by atoms with Crippen LogP contribution < -0.4 is 5.73 Å². The Balaban J connectivity index is 1.83. The van der Waals surface area contributed by atoms with Crippen LogP contribution in [0.15, 0.2) is 0 Å². The second-order valence-electron chi connectivity index (χ2n) is 7.24. The van der Waals surface area contributed by atoms with E-state index in [4.69, 9.17) is 5.73 Å². The van der Waals surface area contributed by atoms with Gasteiger partial charge in [0.1, 0.15) is 0 Å². The van der Waals surface area contributed by atoms with Gasteiger partial charge in [-0.2, -0.15) is 5.10 Å². The maximum atomic E-state index is 11.3. The molecule has 0 radical (unpaired) electrons. The van der Waals surface area contributed by atoms with Crippen molar-refractivity contribution >= 4 is 11.7 Å². The molecule has 20 heavy (non-hydrogen) atoms. The first kappa shape index (κ1) is 12.2. The van der Waals surface area contributed by atoms with E-state index in [1.807, 2.05) is 7.05 Å². The summed E-state index contributed by atoms with van der Waals surface area (Å²) in [6.45, 7) is 0. The number of hydrogen-bond acceptors (Lipinski definition) is 3. The van der Waals surface area contributed by atoms with Crippen molar-refractivity contribution in [2.45, 2.75) is 43.9 Å². The fourth-order valence-corrected chi connectivity index (χ4v) is 5.73. The maximum absolute atomic E-state index is 11.3. The summed E-state index contributed by atoms with van der Waals surface area (Å²) in [4.78, 5) is 11.3. The SMILES string of the molecule is Cn1nc(C(=O)O)c(N)c1C12CC3CC(CC(C3)C1)C2. The largest absolute Gasteiger partial charge is 0.476 e. The minimum Gasteiger partial charge on any atom is -0.476 e. The van der Waals surface area contributed by atoms with Crippen molar-refractivity contribution in [2.24, 2.45) is 24.8 Å². The van der Waals surface area contributed by atoms with Crippen LogP contribution >= 0.6 is 0 Å². The number of nitrogen functional groups attached to an aromatic ring is 1. The van der Waals surface area contributed by atoms with Gasteiger partial charge in [-0.25, -0.2) is 4.79 Å². The van der Waals surface area contributed by atoms with Gasteiger partial charge in [0.05, 0.1) is 11.4 Å². The molecular weight excluding hydrogens is 254 g/mol. The molecule has 5 rings (SSSR count). The topological polar surface area (TPSA) is 81.1 Å². The number of hydrogen-bond donors (Lipinski definition) is 2. The third-order valence-corrected chi connectivity index (χ3v) is 5.83. The molecule has 0 aromatic carbocycles. The molecular formula is C15H21N3O2. The third-order valence-electron chi connectivity index (χ3n) is 5.83. The highest BCUT2D eigenvalue weighted by molar-refractivity contribution is 5.92. The van der Waals surface area contributed by atoms with Crippen molar-refractivity contribution in [2.75, 3.05) is 5.73 Å². The van der Waals surface area contributed by atoms with Crippen molar-refractivity contribution in [3.05, 3.63) is 11.4 Å². The van der Waals surface area contributed by atoms with Crippen molar-refractivity contribution in [1.29, 1.82) is 0 Å². The van der Waals surface area contributed by atoms with Gasteiger partial charge in [-0.15, -0.1) is 0 Å². The minimum absolute atomic E-state index is 0.0262. The molecule has 4 saturated carbocycles. The Morgan fingerprint density at radius 3 is 2.15 bits per heavy atom. The molecule has 1 aromatic rings. The molecule has 5 heteroatoms. The van der Waals surface area contributed by atoms with Gasteiger partial charge < -0.3 is 10.8 Å². The number of nitrogens with two attached hydrogens (primary N) is 1. The quantitative estimate of drug-likeness (QED) is 0.866. The van der Waals surface area contributed by atoms with E-state index in [0.717, 1.165) is 23.4 Å². The standard InChI is InChI=1S/C15H21N3O2/c1-18-13(11(16)12(17-18)14(19)20)15-5-8-2-9(6-15)4-10(3-8)7-15/h8-10H,2-7,16H2,1H3,(H,19,20). The number of aryl methyl sites for hydroxylation is 1. The first-order valence-electron chi connectivity index (χ1n) is 7.55. The van der Waals surface area contributed by atoms with Gasteiger partial charge in [0.15, 0.2) is 5.69 Å². The number of carbonyl (C=O) groups is 1. The number of aromatic carboxylic acids is 1. The van der Waals surface area contributed by atoms with E-state index in [9.17, 15) is 9.90 Å². The molecule has 108 valence electrons. The number of anilines is 1. The van der Waals surface area contributed by atoms with E-state index >= 15 is 0 Å². The van der Waals surface area contributed by atoms with Crippen molar-refractivity contribution in [3.63, 3.8) is 0 Å². The van der Waals surface area contributed by atoms with Crippen LogP contribution in [-0.2, 0) is 12.5 Å². The lowest BCUT2D eigenvalue weighted by Gasteiger charge is -2.56. The second-order valence-corrected chi connectivity index (χ2v) is 7.24. The van der Waals surface area contributed by atoms with E-state index < -0.39 is 5.97 Å². The van der Waals surface area contributed by atoms with Gasteiger partial charge >= 0.3 is 5.97 Å². The first-order valence-corrected chi connectivity index (χ1v) is 7.55. The Hall–Kier alpha value is -1.52. The van der Waals surface area contributed by atoms with Crippen LogP contribution in [0.2, 0.25) is 0 Å². The molecule has 4 aliphatic rings. The van der Waals surface area contributed by atoms with E-state index in [1.54, 1.807) is 4.68 Å². The number of carboxylic acid groups (broad SMARTS) is 1. The average molecular weight is 275 g/mol. The van der Waals surface area contributed by atoms with Crippen LogP contribution in [0, 0.1) is 17.8 Å². The molecule has 4 aliphatic carbocycles. The van der Waals surface area contributed by atoms with Crippen LogP contribution in [0.1, 0.15) is 54.7 Å². The number of nitrogens with zero attached hydrogens (tertiary/aromatic N) is 2. The van der Waals surface area contributed by atoms with E-state index in [2.05, 4.69) is 5.10 Å². The number of rotatable bonds is 2. The van der Waals surface area contributed by atoms with Gasteiger partial charge in [0.2, 0.25) is 0 Å². The molecule has 5 nitrogen and oxygen atoms in total. The third kappa shape index (κ3) is 1.49. The summed E-state index contributed by atoms with van der Waals surface area (Å²) in [6.07, 6.45) is 7.60. The predicted octanol–water partition coefficient (Wildman–Crippen LogP) is 2.17. The average Bonchev–Trinajstić information content (AvgIpc) is 2.63. The Labute approximate surface area is 118 Å². The van der Waals surface area contributed by atoms with Gasteiger partial charge in [-0.3, -0.25) is 4.68 Å². The lowest BCUT2D eigenvalue weighted by molar-refractivity contribution is -0.00851. The van der Waals surface area contributed by atoms with Crippen LogP contribution in [0.4, 0.5) is 5.69 Å². The first-order chi connectivity index (χ1) is 9.48. The molecule has 3 N–H and O–H groups in total.